The van der Waals surface area contributed by atoms with Gasteiger partial charge in [-0.05, 0) is 12.8 Å². The Balaban J connectivity index is 1.26. The van der Waals surface area contributed by atoms with Gasteiger partial charge in [0.15, 0.2) is 6.23 Å². The number of carbonyl (C=O) groups excluding carboxylic acids is 1. The Morgan fingerprint density at radius 3 is 2.15 bits per heavy atom. The predicted molar refractivity (Wildman–Crippen MR) is 160 cm³/mol. The summed E-state index contributed by atoms with van der Waals surface area (Å²) < 4.78 is 12.9. The number of amides is 1. The van der Waals surface area contributed by atoms with Gasteiger partial charge in [0, 0.05) is 12.6 Å². The highest BCUT2D eigenvalue weighted by Gasteiger charge is 2.60. The van der Waals surface area contributed by atoms with Gasteiger partial charge in [-0.2, -0.15) is 0 Å². The fourth-order valence-electron chi connectivity index (χ4n) is 5.76. The van der Waals surface area contributed by atoms with Gasteiger partial charge in [0.05, 0.1) is 13.2 Å². The van der Waals surface area contributed by atoms with E-state index in [4.69, 9.17) is 9.47 Å². The fourth-order valence-corrected chi connectivity index (χ4v) is 5.76. The Morgan fingerprint density at radius 2 is 1.59 bits per heavy atom. The van der Waals surface area contributed by atoms with Crippen LogP contribution in [-0.2, 0) is 14.3 Å². The van der Waals surface area contributed by atoms with Crippen LogP contribution in [0.3, 0.4) is 0 Å². The monoisotopic (exact) mass is 573 g/mol. The molecule has 3 N–H and O–H groups in total. The molecule has 0 aliphatic carbocycles. The van der Waals surface area contributed by atoms with Crippen LogP contribution in [0.1, 0.15) is 135 Å². The SMILES string of the molecule is CCCCCCCCCCCCCCCCCC(=O)NCC#Cc1cn([C@@H]2O[C@]3(CC)COC2[C@@H]3O)c(=O)[nH]c1=O. The first-order chi connectivity index (χ1) is 19.9. The van der Waals surface area contributed by atoms with Crippen LogP contribution in [0.2, 0.25) is 0 Å². The molecule has 0 spiro atoms. The Kier molecular flexibility index (Phi) is 14.1. The molecule has 1 aromatic rings. The Morgan fingerprint density at radius 1 is 1.00 bits per heavy atom. The number of aliphatic hydroxyl groups is 1. The van der Waals surface area contributed by atoms with E-state index in [1.807, 2.05) is 6.92 Å². The first-order valence-electron chi connectivity index (χ1n) is 16.0. The van der Waals surface area contributed by atoms with Crippen LogP contribution >= 0.6 is 0 Å². The molecule has 0 radical (unpaired) electrons. The van der Waals surface area contributed by atoms with Crippen LogP contribution in [0.25, 0.3) is 0 Å². The van der Waals surface area contributed by atoms with Crippen molar-refractivity contribution in [3.8, 4) is 11.8 Å². The number of aromatic nitrogens is 2. The number of fused-ring (bicyclic) bond motifs is 2. The highest BCUT2D eigenvalue weighted by Crippen LogP contribution is 2.46. The quantitative estimate of drug-likeness (QED) is 0.163. The zero-order valence-electron chi connectivity index (χ0n) is 25.2. The molecule has 2 fully saturated rings. The van der Waals surface area contributed by atoms with Gasteiger partial charge in [-0.3, -0.25) is 19.1 Å². The number of hydrogen-bond acceptors (Lipinski definition) is 6. The van der Waals surface area contributed by atoms with Crippen LogP contribution in [0.4, 0.5) is 0 Å². The normalized spacial score (nSPS) is 23.0. The maximum Gasteiger partial charge on any atom is 0.330 e. The number of hydrogen-bond donors (Lipinski definition) is 3. The molecule has 1 aromatic heterocycles. The highest BCUT2D eigenvalue weighted by atomic mass is 16.6. The van der Waals surface area contributed by atoms with Crippen molar-refractivity contribution in [2.24, 2.45) is 0 Å². The van der Waals surface area contributed by atoms with E-state index >= 15 is 0 Å². The van der Waals surface area contributed by atoms with E-state index in [1.54, 1.807) is 0 Å². The Labute approximate surface area is 244 Å². The molecule has 2 aliphatic rings. The summed E-state index contributed by atoms with van der Waals surface area (Å²) in [5.74, 6) is 5.46. The standard InChI is InChI=1S/C32H51N3O6/c1-3-5-6-7-8-9-10-11-12-13-14-15-16-17-18-21-26(36)33-22-19-20-25-23-35(31(39)34-29(25)38)30-27-28(37)32(4-2,41-30)24-40-27/h23,27-28,30,37H,3-18,21-22,24H2,1-2H3,(H,33,36)(H,34,38,39)/t27?,28-,30+,32+/m0/s1. The molecule has 0 saturated carbocycles. The zero-order chi connectivity index (χ0) is 29.5. The molecule has 3 heterocycles. The van der Waals surface area contributed by atoms with Crippen molar-refractivity contribution in [2.75, 3.05) is 13.2 Å². The number of aromatic amines is 1. The molecule has 4 atom stereocenters. The van der Waals surface area contributed by atoms with E-state index in [1.165, 1.54) is 87.8 Å². The summed E-state index contributed by atoms with van der Waals surface area (Å²) in [7, 11) is 0. The Hall–Kier alpha value is -2.41. The molecule has 1 amide bonds. The van der Waals surface area contributed by atoms with Crippen molar-refractivity contribution in [2.45, 2.75) is 147 Å². The van der Waals surface area contributed by atoms with Gasteiger partial charge in [0.2, 0.25) is 5.91 Å². The van der Waals surface area contributed by atoms with Gasteiger partial charge in [0.25, 0.3) is 5.56 Å². The smallest absolute Gasteiger partial charge is 0.330 e. The number of aliphatic hydroxyl groups excluding tert-OH is 1. The van der Waals surface area contributed by atoms with E-state index in [0.29, 0.717) is 12.8 Å². The number of H-pyrrole nitrogens is 1. The second kappa shape index (κ2) is 17.5. The lowest BCUT2D eigenvalue weighted by atomic mass is 9.96. The first kappa shape index (κ1) is 33.1. The molecule has 2 bridgehead atoms. The summed E-state index contributed by atoms with van der Waals surface area (Å²) >= 11 is 0. The van der Waals surface area contributed by atoms with E-state index in [0.717, 1.165) is 19.3 Å². The van der Waals surface area contributed by atoms with Gasteiger partial charge in [-0.15, -0.1) is 0 Å². The lowest BCUT2D eigenvalue weighted by Crippen LogP contribution is -2.41. The zero-order valence-corrected chi connectivity index (χ0v) is 25.2. The molecule has 0 aromatic carbocycles. The van der Waals surface area contributed by atoms with Crippen LogP contribution in [0.5, 0.6) is 0 Å². The van der Waals surface area contributed by atoms with Gasteiger partial charge in [-0.1, -0.05) is 116 Å². The van der Waals surface area contributed by atoms with E-state index in [-0.39, 0.29) is 24.6 Å². The molecule has 9 heteroatoms. The number of nitrogens with zero attached hydrogens (tertiary/aromatic N) is 1. The number of rotatable bonds is 19. The molecule has 9 nitrogen and oxygen atoms in total. The number of carbonyl (C=O) groups is 1. The van der Waals surface area contributed by atoms with Crippen molar-refractivity contribution >= 4 is 5.91 Å². The molecule has 41 heavy (non-hydrogen) atoms. The average molecular weight is 574 g/mol. The van der Waals surface area contributed by atoms with E-state index < -0.39 is 35.3 Å². The van der Waals surface area contributed by atoms with E-state index in [9.17, 15) is 19.5 Å². The molecule has 1 unspecified atom stereocenters. The Bertz CT molecular complexity index is 1120. The third kappa shape index (κ3) is 9.83. The lowest BCUT2D eigenvalue weighted by Gasteiger charge is -2.30. The summed E-state index contributed by atoms with van der Waals surface area (Å²) in [6.45, 7) is 4.52. The molecular weight excluding hydrogens is 522 g/mol. The third-order valence-corrected chi connectivity index (χ3v) is 8.45. The molecule has 230 valence electrons. The largest absolute Gasteiger partial charge is 0.387 e. The maximum atomic E-state index is 12.4. The van der Waals surface area contributed by atoms with Gasteiger partial charge >= 0.3 is 5.69 Å². The number of nitrogens with one attached hydrogen (secondary N) is 2. The van der Waals surface area contributed by atoms with Gasteiger partial charge in [0.1, 0.15) is 23.4 Å². The van der Waals surface area contributed by atoms with Crippen molar-refractivity contribution in [1.29, 1.82) is 0 Å². The number of unbranched alkanes of at least 4 members (excludes halogenated alkanes) is 14. The van der Waals surface area contributed by atoms with Crippen molar-refractivity contribution in [3.63, 3.8) is 0 Å². The summed E-state index contributed by atoms with van der Waals surface area (Å²) in [6.07, 6.45) is 19.2. The summed E-state index contributed by atoms with van der Waals surface area (Å²) in [6, 6.07) is 0. The molecule has 2 aliphatic heterocycles. The second-order valence-corrected chi connectivity index (χ2v) is 11.6. The van der Waals surface area contributed by atoms with Gasteiger partial charge in [-0.25, -0.2) is 4.79 Å². The molecule has 3 rings (SSSR count). The van der Waals surface area contributed by atoms with E-state index in [2.05, 4.69) is 29.1 Å². The number of ether oxygens (including phenoxy) is 2. The van der Waals surface area contributed by atoms with Crippen LogP contribution in [0, 0.1) is 11.8 Å². The predicted octanol–water partition coefficient (Wildman–Crippen LogP) is 4.70. The minimum atomic E-state index is -0.856. The molecular formula is C32H51N3O6. The topological polar surface area (TPSA) is 123 Å². The van der Waals surface area contributed by atoms with Crippen molar-refractivity contribution < 1.29 is 19.4 Å². The van der Waals surface area contributed by atoms with Gasteiger partial charge < -0.3 is 19.9 Å². The van der Waals surface area contributed by atoms with Crippen molar-refractivity contribution in [1.82, 2.24) is 14.9 Å². The lowest BCUT2D eigenvalue weighted by molar-refractivity contribution is -0.175. The van der Waals surface area contributed by atoms with Crippen LogP contribution in [-0.4, -0.2) is 51.5 Å². The summed E-state index contributed by atoms with van der Waals surface area (Å²) in [4.78, 5) is 39.1. The van der Waals surface area contributed by atoms with Crippen molar-refractivity contribution in [3.05, 3.63) is 32.6 Å². The fraction of sp³-hybridized carbons (Fsp3) is 0.781. The second-order valence-electron chi connectivity index (χ2n) is 11.6. The third-order valence-electron chi connectivity index (χ3n) is 8.45. The van der Waals surface area contributed by atoms with Crippen LogP contribution < -0.4 is 16.6 Å². The highest BCUT2D eigenvalue weighted by molar-refractivity contribution is 5.76. The maximum absolute atomic E-state index is 12.4. The summed E-state index contributed by atoms with van der Waals surface area (Å²) in [5, 5.41) is 13.3. The first-order valence-corrected chi connectivity index (χ1v) is 16.0. The average Bonchev–Trinajstić information content (AvgIpc) is 3.43. The van der Waals surface area contributed by atoms with Crippen LogP contribution in [0.15, 0.2) is 15.8 Å². The molecule has 2 saturated heterocycles. The summed E-state index contributed by atoms with van der Waals surface area (Å²) in [5.41, 5.74) is -2.05. The minimum Gasteiger partial charge on any atom is -0.387 e. The minimum absolute atomic E-state index is 0.0562.